The van der Waals surface area contributed by atoms with E-state index in [0.29, 0.717) is 28.1 Å². The molecule has 29 heavy (non-hydrogen) atoms. The maximum Gasteiger partial charge on any atom is 0.416 e. The highest BCUT2D eigenvalue weighted by Crippen LogP contribution is 2.38. The first-order valence-electron chi connectivity index (χ1n) is 8.81. The second kappa shape index (κ2) is 7.41. The average Bonchev–Trinajstić information content (AvgIpc) is 2.57. The number of anilines is 1. The molecular formula is C20H20F4N3OP. The summed E-state index contributed by atoms with van der Waals surface area (Å²) >= 11 is 0. The normalized spacial score (nSPS) is 12.4. The van der Waals surface area contributed by atoms with Crippen molar-refractivity contribution < 1.29 is 22.1 Å². The molecule has 0 aliphatic heterocycles. The molecule has 0 saturated heterocycles. The standard InChI is InChI=1S/C20H20F4N3OP/c1-11-13(6-5-7-15(11)20(22,23)24)10-25-19-14-8-18(29(3,4)28)16(21)9-17(14)26-12(2)27-19/h5-9H,10H2,1-4H3,(H,25,26,27). The molecule has 0 bridgehead atoms. The van der Waals surface area contributed by atoms with E-state index in [1.807, 2.05) is 0 Å². The minimum Gasteiger partial charge on any atom is -0.365 e. The number of halogens is 4. The molecule has 0 saturated carbocycles. The van der Waals surface area contributed by atoms with Crippen LogP contribution in [0.1, 0.15) is 22.5 Å². The minimum atomic E-state index is -4.44. The van der Waals surface area contributed by atoms with Crippen molar-refractivity contribution in [3.63, 3.8) is 0 Å². The van der Waals surface area contributed by atoms with Gasteiger partial charge in [0, 0.05) is 23.3 Å². The first kappa shape index (κ1) is 21.2. The largest absolute Gasteiger partial charge is 0.416 e. The van der Waals surface area contributed by atoms with E-state index in [4.69, 9.17) is 0 Å². The highest BCUT2D eigenvalue weighted by atomic mass is 31.2. The van der Waals surface area contributed by atoms with Crippen LogP contribution in [0.5, 0.6) is 0 Å². The number of hydrogen-bond donors (Lipinski definition) is 1. The van der Waals surface area contributed by atoms with Gasteiger partial charge in [0.05, 0.1) is 11.1 Å². The fourth-order valence-electron chi connectivity index (χ4n) is 3.16. The first-order valence-corrected chi connectivity index (χ1v) is 11.4. The first-order chi connectivity index (χ1) is 13.4. The van der Waals surface area contributed by atoms with E-state index in [1.54, 1.807) is 13.0 Å². The Bertz CT molecular complexity index is 1140. The molecule has 0 aliphatic rings. The summed E-state index contributed by atoms with van der Waals surface area (Å²) in [6.45, 7) is 6.07. The summed E-state index contributed by atoms with van der Waals surface area (Å²) in [5, 5.41) is 3.57. The molecule has 0 aliphatic carbocycles. The van der Waals surface area contributed by atoms with Crippen LogP contribution in [0, 0.1) is 19.7 Å². The number of aromatic nitrogens is 2. The molecule has 154 valence electrons. The third kappa shape index (κ3) is 4.42. The summed E-state index contributed by atoms with van der Waals surface area (Å²) in [6, 6.07) is 6.66. The molecule has 0 unspecified atom stereocenters. The molecule has 0 radical (unpaired) electrons. The number of alkyl halides is 3. The molecule has 3 rings (SSSR count). The third-order valence-electron chi connectivity index (χ3n) is 4.65. The molecule has 0 atom stereocenters. The molecule has 2 aromatic carbocycles. The molecule has 0 spiro atoms. The Hall–Kier alpha value is -2.47. The van der Waals surface area contributed by atoms with E-state index in [-0.39, 0.29) is 17.4 Å². The van der Waals surface area contributed by atoms with Crippen LogP contribution >= 0.6 is 7.14 Å². The highest BCUT2D eigenvalue weighted by Gasteiger charge is 2.32. The molecular weight excluding hydrogens is 405 g/mol. The van der Waals surface area contributed by atoms with Gasteiger partial charge in [0.1, 0.15) is 24.6 Å². The Morgan fingerprint density at radius 1 is 1.10 bits per heavy atom. The van der Waals surface area contributed by atoms with Gasteiger partial charge >= 0.3 is 6.18 Å². The van der Waals surface area contributed by atoms with Gasteiger partial charge < -0.3 is 9.88 Å². The van der Waals surface area contributed by atoms with Crippen molar-refractivity contribution in [3.8, 4) is 0 Å². The third-order valence-corrected chi connectivity index (χ3v) is 6.16. The Labute approximate surface area is 165 Å². The highest BCUT2D eigenvalue weighted by molar-refractivity contribution is 7.70. The molecule has 0 amide bonds. The van der Waals surface area contributed by atoms with E-state index in [1.165, 1.54) is 38.5 Å². The van der Waals surface area contributed by atoms with Gasteiger partial charge in [0.2, 0.25) is 0 Å². The Morgan fingerprint density at radius 3 is 2.41 bits per heavy atom. The van der Waals surface area contributed by atoms with Crippen molar-refractivity contribution >= 4 is 29.2 Å². The monoisotopic (exact) mass is 425 g/mol. The maximum absolute atomic E-state index is 14.4. The number of rotatable bonds is 4. The fourth-order valence-corrected chi connectivity index (χ4v) is 4.18. The average molecular weight is 425 g/mol. The topological polar surface area (TPSA) is 54.9 Å². The molecule has 1 heterocycles. The van der Waals surface area contributed by atoms with Crippen LogP contribution in [-0.2, 0) is 17.3 Å². The quantitative estimate of drug-likeness (QED) is 0.457. The molecule has 1 aromatic heterocycles. The number of nitrogens with one attached hydrogen (secondary N) is 1. The van der Waals surface area contributed by atoms with Crippen molar-refractivity contribution in [2.45, 2.75) is 26.6 Å². The summed E-state index contributed by atoms with van der Waals surface area (Å²) < 4.78 is 66.2. The van der Waals surface area contributed by atoms with Crippen molar-refractivity contribution in [2.75, 3.05) is 18.6 Å². The van der Waals surface area contributed by atoms with Gasteiger partial charge in [-0.15, -0.1) is 0 Å². The second-order valence-corrected chi connectivity index (χ2v) is 10.4. The predicted molar refractivity (Wildman–Crippen MR) is 107 cm³/mol. The Morgan fingerprint density at radius 2 is 1.79 bits per heavy atom. The lowest BCUT2D eigenvalue weighted by Crippen LogP contribution is -2.13. The van der Waals surface area contributed by atoms with Crippen molar-refractivity contribution in [1.29, 1.82) is 0 Å². The van der Waals surface area contributed by atoms with Crippen LogP contribution in [0.2, 0.25) is 0 Å². The van der Waals surface area contributed by atoms with Crippen molar-refractivity contribution in [1.82, 2.24) is 9.97 Å². The summed E-state index contributed by atoms with van der Waals surface area (Å²) in [7, 11) is -2.89. The van der Waals surface area contributed by atoms with Gasteiger partial charge in [-0.05, 0) is 50.4 Å². The second-order valence-electron chi connectivity index (χ2n) is 7.23. The lowest BCUT2D eigenvalue weighted by Gasteiger charge is -2.16. The smallest absolute Gasteiger partial charge is 0.365 e. The van der Waals surface area contributed by atoms with E-state index in [2.05, 4.69) is 15.3 Å². The maximum atomic E-state index is 14.4. The minimum absolute atomic E-state index is 0.0794. The number of benzene rings is 2. The van der Waals surface area contributed by atoms with Crippen molar-refractivity contribution in [3.05, 3.63) is 58.7 Å². The Balaban J connectivity index is 2.04. The van der Waals surface area contributed by atoms with Crippen molar-refractivity contribution in [2.24, 2.45) is 0 Å². The van der Waals surface area contributed by atoms with Gasteiger partial charge in [0.25, 0.3) is 0 Å². The number of fused-ring (bicyclic) bond motifs is 1. The van der Waals surface area contributed by atoms with E-state index >= 15 is 0 Å². The number of nitrogens with zero attached hydrogens (tertiary/aromatic N) is 2. The summed E-state index contributed by atoms with van der Waals surface area (Å²) in [4.78, 5) is 8.52. The molecule has 9 heteroatoms. The zero-order chi connectivity index (χ0) is 21.6. The van der Waals surface area contributed by atoms with Crippen LogP contribution in [-0.4, -0.2) is 23.3 Å². The van der Waals surface area contributed by atoms with Crippen LogP contribution in [0.4, 0.5) is 23.4 Å². The number of hydrogen-bond acceptors (Lipinski definition) is 4. The Kier molecular flexibility index (Phi) is 5.43. The lowest BCUT2D eigenvalue weighted by molar-refractivity contribution is -0.138. The number of aryl methyl sites for hydroxylation is 1. The zero-order valence-electron chi connectivity index (χ0n) is 16.4. The van der Waals surface area contributed by atoms with Crippen LogP contribution in [0.15, 0.2) is 30.3 Å². The molecule has 1 N–H and O–H groups in total. The van der Waals surface area contributed by atoms with E-state index in [9.17, 15) is 22.1 Å². The van der Waals surface area contributed by atoms with Gasteiger partial charge in [-0.1, -0.05) is 12.1 Å². The van der Waals surface area contributed by atoms with E-state index in [0.717, 1.165) is 6.07 Å². The van der Waals surface area contributed by atoms with Gasteiger partial charge in [-0.3, -0.25) is 0 Å². The zero-order valence-corrected chi connectivity index (χ0v) is 17.3. The van der Waals surface area contributed by atoms with Gasteiger partial charge in [0.15, 0.2) is 0 Å². The summed E-state index contributed by atoms with van der Waals surface area (Å²) in [5.74, 6) is 0.117. The fraction of sp³-hybridized carbons (Fsp3) is 0.300. The lowest BCUT2D eigenvalue weighted by atomic mass is 10.0. The molecule has 4 nitrogen and oxygen atoms in total. The van der Waals surface area contributed by atoms with Gasteiger partial charge in [-0.2, -0.15) is 13.2 Å². The van der Waals surface area contributed by atoms with Crippen LogP contribution < -0.4 is 10.6 Å². The van der Waals surface area contributed by atoms with Crippen LogP contribution in [0.25, 0.3) is 10.9 Å². The van der Waals surface area contributed by atoms with Gasteiger partial charge in [-0.25, -0.2) is 14.4 Å². The molecule has 0 fully saturated rings. The summed E-state index contributed by atoms with van der Waals surface area (Å²) in [6.07, 6.45) is -4.44. The van der Waals surface area contributed by atoms with Crippen LogP contribution in [0.3, 0.4) is 0 Å². The molecule has 3 aromatic rings. The summed E-state index contributed by atoms with van der Waals surface area (Å²) in [5.41, 5.74) is 0.224. The SMILES string of the molecule is Cc1nc(NCc2cccc(C(F)(F)F)c2C)c2cc(P(C)(C)=O)c(F)cc2n1. The predicted octanol–water partition coefficient (Wildman–Crippen LogP) is 5.26. The van der Waals surface area contributed by atoms with E-state index < -0.39 is 24.7 Å².